The van der Waals surface area contributed by atoms with Crippen LogP contribution in [-0.2, 0) is 22.2 Å². The average Bonchev–Trinajstić information content (AvgIpc) is 2.81. The highest BCUT2D eigenvalue weighted by Gasteiger charge is 2.37. The van der Waals surface area contributed by atoms with Crippen molar-refractivity contribution in [3.05, 3.63) is 59.2 Å². The molecule has 10 heteroatoms. The van der Waals surface area contributed by atoms with E-state index in [0.717, 1.165) is 17.7 Å². The van der Waals surface area contributed by atoms with Gasteiger partial charge in [0, 0.05) is 25.2 Å². The lowest BCUT2D eigenvalue weighted by Crippen LogP contribution is -2.59. The highest BCUT2D eigenvalue weighted by atomic mass is 19.4. The second kappa shape index (κ2) is 9.81. The summed E-state index contributed by atoms with van der Waals surface area (Å²) in [7, 11) is 1.55. The van der Waals surface area contributed by atoms with Gasteiger partial charge in [-0.15, -0.1) is 0 Å². The molecular weight excluding hydrogens is 437 g/mol. The number of para-hydroxylation sites is 1. The minimum absolute atomic E-state index is 0.0402. The van der Waals surface area contributed by atoms with E-state index in [9.17, 15) is 22.8 Å². The maximum atomic E-state index is 13.4. The summed E-state index contributed by atoms with van der Waals surface area (Å²) in [5, 5.41) is 9.00. The number of amides is 2. The van der Waals surface area contributed by atoms with E-state index < -0.39 is 29.3 Å². The van der Waals surface area contributed by atoms with Gasteiger partial charge < -0.3 is 20.3 Å². The molecule has 33 heavy (non-hydrogen) atoms. The summed E-state index contributed by atoms with van der Waals surface area (Å²) < 4.78 is 45.4. The lowest BCUT2D eigenvalue weighted by molar-refractivity contribution is -0.137. The van der Waals surface area contributed by atoms with Gasteiger partial charge in [-0.05, 0) is 36.2 Å². The number of halogens is 3. The number of alkyl halides is 3. The Balaban J connectivity index is 1.75. The molecule has 0 aliphatic carbocycles. The number of rotatable bonds is 6. The number of carbonyl (C=O) groups is 2. The minimum Gasteiger partial charge on any atom is -0.496 e. The van der Waals surface area contributed by atoms with Crippen LogP contribution in [-0.4, -0.2) is 49.5 Å². The highest BCUT2D eigenvalue weighted by Crippen LogP contribution is 2.35. The van der Waals surface area contributed by atoms with E-state index in [0.29, 0.717) is 12.2 Å². The molecule has 1 aliphatic rings. The predicted molar refractivity (Wildman–Crippen MR) is 114 cm³/mol. The Morgan fingerprint density at radius 3 is 2.58 bits per heavy atom. The van der Waals surface area contributed by atoms with Crippen LogP contribution < -0.4 is 15.4 Å². The molecule has 0 aromatic heterocycles. The van der Waals surface area contributed by atoms with Crippen LogP contribution in [0.3, 0.4) is 0 Å². The summed E-state index contributed by atoms with van der Waals surface area (Å²) in [5.41, 5.74) is 4.93. The number of carbonyl (C=O) groups excluding carboxylic acids is 2. The number of nitrogens with two attached hydrogens (primary N) is 1. The maximum absolute atomic E-state index is 13.4. The molecule has 2 amide bonds. The van der Waals surface area contributed by atoms with Crippen molar-refractivity contribution in [3.8, 4) is 11.8 Å². The number of nitrogens with zero attached hydrogens (tertiary/aromatic N) is 3. The summed E-state index contributed by atoms with van der Waals surface area (Å²) in [4.78, 5) is 27.8. The minimum atomic E-state index is -4.72. The SMILES string of the molecule is COc1ccccc1CCC(=O)N1CCN(c2ccc(C#N)c(C(F)(F)F)c2)C(C(N)=O)C1. The Kier molecular flexibility index (Phi) is 7.11. The summed E-state index contributed by atoms with van der Waals surface area (Å²) in [6.07, 6.45) is -4.10. The summed E-state index contributed by atoms with van der Waals surface area (Å²) in [6.45, 7) is 0.300. The van der Waals surface area contributed by atoms with Gasteiger partial charge in [0.05, 0.1) is 30.9 Å². The van der Waals surface area contributed by atoms with Crippen LogP contribution in [0.25, 0.3) is 0 Å². The molecule has 0 saturated carbocycles. The Hall–Kier alpha value is -3.74. The number of ether oxygens (including phenoxy) is 1. The Morgan fingerprint density at radius 1 is 1.21 bits per heavy atom. The zero-order valence-corrected chi connectivity index (χ0v) is 17.9. The van der Waals surface area contributed by atoms with Gasteiger partial charge in [0.1, 0.15) is 11.8 Å². The Morgan fingerprint density at radius 2 is 1.94 bits per heavy atom. The lowest BCUT2D eigenvalue weighted by atomic mass is 10.0. The normalized spacial score (nSPS) is 16.3. The lowest BCUT2D eigenvalue weighted by Gasteiger charge is -2.41. The van der Waals surface area contributed by atoms with Crippen molar-refractivity contribution in [1.29, 1.82) is 5.26 Å². The molecule has 1 heterocycles. The van der Waals surface area contributed by atoms with E-state index >= 15 is 0 Å². The molecule has 1 saturated heterocycles. The van der Waals surface area contributed by atoms with Crippen molar-refractivity contribution in [2.75, 3.05) is 31.6 Å². The van der Waals surface area contributed by atoms with Crippen LogP contribution in [0.2, 0.25) is 0 Å². The van der Waals surface area contributed by atoms with Crippen molar-refractivity contribution in [3.63, 3.8) is 0 Å². The predicted octanol–water partition coefficient (Wildman–Crippen LogP) is 2.72. The molecule has 0 spiro atoms. The topological polar surface area (TPSA) is 99.7 Å². The average molecular weight is 460 g/mol. The van der Waals surface area contributed by atoms with Gasteiger partial charge in [-0.3, -0.25) is 9.59 Å². The zero-order chi connectivity index (χ0) is 24.2. The molecule has 174 valence electrons. The molecule has 2 aromatic carbocycles. The van der Waals surface area contributed by atoms with Crippen molar-refractivity contribution in [2.24, 2.45) is 5.73 Å². The van der Waals surface area contributed by atoms with Crippen LogP contribution >= 0.6 is 0 Å². The van der Waals surface area contributed by atoms with E-state index in [2.05, 4.69) is 0 Å². The van der Waals surface area contributed by atoms with E-state index in [4.69, 9.17) is 15.7 Å². The standard InChI is InChI=1S/C23H23F3N4O3/c1-33-20-5-3-2-4-15(20)7-9-21(31)29-10-11-30(19(14-29)22(28)32)17-8-6-16(13-27)18(12-17)23(24,25)26/h2-6,8,12,19H,7,9-11,14H2,1H3,(H2,28,32). The van der Waals surface area contributed by atoms with Gasteiger partial charge in [0.25, 0.3) is 0 Å². The number of primary amides is 1. The third-order valence-electron chi connectivity index (χ3n) is 5.62. The molecule has 1 atom stereocenters. The van der Waals surface area contributed by atoms with Crippen LogP contribution in [0.15, 0.2) is 42.5 Å². The molecule has 7 nitrogen and oxygen atoms in total. The second-order valence-corrected chi connectivity index (χ2v) is 7.60. The number of nitriles is 1. The van der Waals surface area contributed by atoms with Gasteiger partial charge in [-0.25, -0.2) is 0 Å². The van der Waals surface area contributed by atoms with Crippen molar-refractivity contribution >= 4 is 17.5 Å². The number of benzene rings is 2. The number of anilines is 1. The third kappa shape index (κ3) is 5.37. The first-order chi connectivity index (χ1) is 15.7. The molecule has 2 N–H and O–H groups in total. The van der Waals surface area contributed by atoms with Crippen molar-refractivity contribution in [1.82, 2.24) is 4.90 Å². The fourth-order valence-corrected chi connectivity index (χ4v) is 3.91. The number of piperazine rings is 1. The van der Waals surface area contributed by atoms with E-state index in [1.165, 1.54) is 21.9 Å². The van der Waals surface area contributed by atoms with E-state index in [-0.39, 0.29) is 37.6 Å². The van der Waals surface area contributed by atoms with Crippen molar-refractivity contribution < 1.29 is 27.5 Å². The van der Waals surface area contributed by atoms with Crippen LogP contribution in [0, 0.1) is 11.3 Å². The second-order valence-electron chi connectivity index (χ2n) is 7.60. The smallest absolute Gasteiger partial charge is 0.417 e. The first-order valence-electron chi connectivity index (χ1n) is 10.2. The van der Waals surface area contributed by atoms with E-state index in [1.807, 2.05) is 18.2 Å². The zero-order valence-electron chi connectivity index (χ0n) is 17.9. The number of hydrogen-bond donors (Lipinski definition) is 1. The van der Waals surface area contributed by atoms with Gasteiger partial charge in [-0.2, -0.15) is 18.4 Å². The molecule has 1 unspecified atom stereocenters. The Labute approximate surface area is 189 Å². The maximum Gasteiger partial charge on any atom is 0.417 e. The molecule has 1 aliphatic heterocycles. The van der Waals surface area contributed by atoms with Gasteiger partial charge in [0.2, 0.25) is 11.8 Å². The molecule has 2 aromatic rings. The molecule has 3 rings (SSSR count). The fraction of sp³-hybridized carbons (Fsp3) is 0.348. The molecule has 0 radical (unpaired) electrons. The Bertz CT molecular complexity index is 1080. The summed E-state index contributed by atoms with van der Waals surface area (Å²) in [6, 6.07) is 11.1. The van der Waals surface area contributed by atoms with Crippen molar-refractivity contribution in [2.45, 2.75) is 25.1 Å². The largest absolute Gasteiger partial charge is 0.496 e. The quantitative estimate of drug-likeness (QED) is 0.715. The van der Waals surface area contributed by atoms with Crippen LogP contribution in [0.1, 0.15) is 23.1 Å². The molecule has 0 bridgehead atoms. The first kappa shape index (κ1) is 23.9. The van der Waals surface area contributed by atoms with Gasteiger partial charge >= 0.3 is 6.18 Å². The molecular formula is C23H23F3N4O3. The summed E-state index contributed by atoms with van der Waals surface area (Å²) >= 11 is 0. The van der Waals surface area contributed by atoms with E-state index in [1.54, 1.807) is 13.2 Å². The fourth-order valence-electron chi connectivity index (χ4n) is 3.91. The van der Waals surface area contributed by atoms with Crippen LogP contribution in [0.4, 0.5) is 18.9 Å². The number of methoxy groups -OCH3 is 1. The van der Waals surface area contributed by atoms with Crippen LogP contribution in [0.5, 0.6) is 5.75 Å². The number of aryl methyl sites for hydroxylation is 1. The summed E-state index contributed by atoms with van der Waals surface area (Å²) in [5.74, 6) is -0.274. The monoisotopic (exact) mass is 460 g/mol. The first-order valence-corrected chi connectivity index (χ1v) is 10.2. The van der Waals surface area contributed by atoms with Gasteiger partial charge in [0.15, 0.2) is 0 Å². The number of hydrogen-bond acceptors (Lipinski definition) is 5. The molecule has 1 fully saturated rings. The third-order valence-corrected chi connectivity index (χ3v) is 5.62. The van der Waals surface area contributed by atoms with Gasteiger partial charge in [-0.1, -0.05) is 18.2 Å². The highest BCUT2D eigenvalue weighted by molar-refractivity contribution is 5.86.